The zero-order valence-corrected chi connectivity index (χ0v) is 10.9. The van der Waals surface area contributed by atoms with Gasteiger partial charge in [-0.05, 0) is 24.8 Å². The van der Waals surface area contributed by atoms with E-state index >= 15 is 0 Å². The molecule has 3 rings (SSSR count). The number of H-pyrrole nitrogens is 1. The number of aliphatic carboxylic acids is 1. The molecule has 2 aromatic rings. The molecule has 1 aliphatic rings. The van der Waals surface area contributed by atoms with Crippen molar-refractivity contribution in [3.8, 4) is 0 Å². The van der Waals surface area contributed by atoms with E-state index in [4.69, 9.17) is 5.11 Å². The molecule has 1 heterocycles. The first-order valence-electron chi connectivity index (χ1n) is 6.74. The second-order valence-electron chi connectivity index (χ2n) is 5.26. The van der Waals surface area contributed by atoms with Gasteiger partial charge in [0.2, 0.25) is 0 Å². The Kier molecular flexibility index (Phi) is 3.18. The molecule has 1 aliphatic carbocycles. The predicted octanol–water partition coefficient (Wildman–Crippen LogP) is 2.15. The second kappa shape index (κ2) is 5.00. The number of fused-ring (bicyclic) bond motifs is 1. The summed E-state index contributed by atoms with van der Waals surface area (Å²) in [4.78, 5) is 26.2. The number of hydrogen-bond donors (Lipinski definition) is 3. The van der Waals surface area contributed by atoms with Gasteiger partial charge < -0.3 is 15.4 Å². The molecular formula is C15H16N2O3. The van der Waals surface area contributed by atoms with Crippen LogP contribution in [0.15, 0.2) is 30.5 Å². The minimum atomic E-state index is -0.874. The number of aromatic nitrogens is 1. The van der Waals surface area contributed by atoms with E-state index in [0.717, 1.165) is 23.7 Å². The number of carboxylic acid groups (broad SMARTS) is 1. The summed E-state index contributed by atoms with van der Waals surface area (Å²) in [6.07, 6.45) is 3.64. The van der Waals surface area contributed by atoms with E-state index in [2.05, 4.69) is 10.3 Å². The number of aromatic amines is 1. The molecule has 0 bridgehead atoms. The maximum atomic E-state index is 12.3. The van der Waals surface area contributed by atoms with Gasteiger partial charge in [-0.3, -0.25) is 9.59 Å². The van der Waals surface area contributed by atoms with Crippen LogP contribution in [0.1, 0.15) is 29.6 Å². The van der Waals surface area contributed by atoms with E-state index in [1.807, 2.05) is 24.3 Å². The lowest BCUT2D eigenvalue weighted by Crippen LogP contribution is -2.38. The molecule has 1 amide bonds. The maximum Gasteiger partial charge on any atom is 0.305 e. The molecule has 1 fully saturated rings. The highest BCUT2D eigenvalue weighted by atomic mass is 16.4. The van der Waals surface area contributed by atoms with Crippen LogP contribution in [-0.4, -0.2) is 28.0 Å². The molecule has 1 atom stereocenters. The van der Waals surface area contributed by atoms with Gasteiger partial charge in [0.25, 0.3) is 5.91 Å². The molecule has 1 saturated carbocycles. The number of para-hydroxylation sites is 1. The molecule has 0 aliphatic heterocycles. The number of amides is 1. The van der Waals surface area contributed by atoms with Crippen LogP contribution in [0.25, 0.3) is 10.9 Å². The Hall–Kier alpha value is -2.30. The molecule has 1 aromatic carbocycles. The number of rotatable bonds is 5. The molecule has 5 nitrogen and oxygen atoms in total. The molecule has 1 aromatic heterocycles. The Bertz CT molecular complexity index is 658. The number of carboxylic acids is 1. The molecular weight excluding hydrogens is 256 g/mol. The van der Waals surface area contributed by atoms with Crippen LogP contribution >= 0.6 is 0 Å². The van der Waals surface area contributed by atoms with Crippen molar-refractivity contribution in [2.75, 3.05) is 0 Å². The Morgan fingerprint density at radius 3 is 2.80 bits per heavy atom. The Labute approximate surface area is 116 Å². The van der Waals surface area contributed by atoms with Gasteiger partial charge in [-0.15, -0.1) is 0 Å². The fourth-order valence-corrected chi connectivity index (χ4v) is 2.53. The van der Waals surface area contributed by atoms with Crippen molar-refractivity contribution in [1.29, 1.82) is 0 Å². The summed E-state index contributed by atoms with van der Waals surface area (Å²) in [6, 6.07) is 7.29. The predicted molar refractivity (Wildman–Crippen MR) is 74.5 cm³/mol. The lowest BCUT2D eigenvalue weighted by molar-refractivity contribution is -0.137. The van der Waals surface area contributed by atoms with E-state index < -0.39 is 5.97 Å². The molecule has 1 unspecified atom stereocenters. The number of benzene rings is 1. The average Bonchev–Trinajstić information content (AvgIpc) is 3.16. The van der Waals surface area contributed by atoms with E-state index in [-0.39, 0.29) is 18.4 Å². The molecule has 3 N–H and O–H groups in total. The summed E-state index contributed by atoms with van der Waals surface area (Å²) in [5, 5.41) is 12.6. The lowest BCUT2D eigenvalue weighted by Gasteiger charge is -2.15. The van der Waals surface area contributed by atoms with Crippen LogP contribution in [0.4, 0.5) is 0 Å². The highest BCUT2D eigenvalue weighted by Crippen LogP contribution is 2.34. The number of hydrogen-bond acceptors (Lipinski definition) is 2. The van der Waals surface area contributed by atoms with E-state index in [1.54, 1.807) is 6.20 Å². The van der Waals surface area contributed by atoms with E-state index in [0.29, 0.717) is 11.5 Å². The van der Waals surface area contributed by atoms with Crippen molar-refractivity contribution >= 4 is 22.8 Å². The van der Waals surface area contributed by atoms with Crippen LogP contribution in [0.3, 0.4) is 0 Å². The minimum absolute atomic E-state index is 0.0151. The van der Waals surface area contributed by atoms with Crippen LogP contribution in [-0.2, 0) is 4.79 Å². The van der Waals surface area contributed by atoms with Gasteiger partial charge in [-0.25, -0.2) is 0 Å². The third kappa shape index (κ3) is 2.52. The third-order valence-electron chi connectivity index (χ3n) is 3.74. The van der Waals surface area contributed by atoms with E-state index in [1.165, 1.54) is 0 Å². The minimum Gasteiger partial charge on any atom is -0.481 e. The van der Waals surface area contributed by atoms with Crippen LogP contribution in [0.2, 0.25) is 0 Å². The smallest absolute Gasteiger partial charge is 0.305 e. The monoisotopic (exact) mass is 272 g/mol. The van der Waals surface area contributed by atoms with Crippen molar-refractivity contribution in [2.24, 2.45) is 5.92 Å². The quantitative estimate of drug-likeness (QED) is 0.780. The first-order chi connectivity index (χ1) is 9.65. The molecule has 20 heavy (non-hydrogen) atoms. The highest BCUT2D eigenvalue weighted by molar-refractivity contribution is 6.06. The fourth-order valence-electron chi connectivity index (χ4n) is 2.53. The second-order valence-corrected chi connectivity index (χ2v) is 5.26. The summed E-state index contributed by atoms with van der Waals surface area (Å²) in [6.45, 7) is 0. The molecule has 0 saturated heterocycles. The topological polar surface area (TPSA) is 82.2 Å². The normalized spacial score (nSPS) is 16.0. The number of nitrogens with one attached hydrogen (secondary N) is 2. The van der Waals surface area contributed by atoms with Gasteiger partial charge in [-0.1, -0.05) is 18.2 Å². The average molecular weight is 272 g/mol. The summed E-state index contributed by atoms with van der Waals surface area (Å²) in [5.74, 6) is -0.776. The largest absolute Gasteiger partial charge is 0.481 e. The van der Waals surface area contributed by atoms with Gasteiger partial charge >= 0.3 is 5.97 Å². The summed E-state index contributed by atoms with van der Waals surface area (Å²) in [5.41, 5.74) is 1.47. The van der Waals surface area contributed by atoms with E-state index in [9.17, 15) is 9.59 Å². The van der Waals surface area contributed by atoms with Gasteiger partial charge in [0.1, 0.15) is 0 Å². The first kappa shape index (κ1) is 12.7. The standard InChI is InChI=1S/C15H16N2O3/c18-14(19)7-13(9-5-6-9)17-15(20)11-8-16-12-4-2-1-3-10(11)12/h1-4,8-9,13,16H,5-7H2,(H,17,20)(H,18,19). The molecule has 104 valence electrons. The van der Waals surface area contributed by atoms with Crippen LogP contribution in [0, 0.1) is 5.92 Å². The van der Waals surface area contributed by atoms with Gasteiger partial charge in [0, 0.05) is 23.1 Å². The summed E-state index contributed by atoms with van der Waals surface area (Å²) in [7, 11) is 0. The van der Waals surface area contributed by atoms with Gasteiger partial charge in [-0.2, -0.15) is 0 Å². The Morgan fingerprint density at radius 2 is 2.10 bits per heavy atom. The van der Waals surface area contributed by atoms with Crippen molar-refractivity contribution < 1.29 is 14.7 Å². The number of carbonyl (C=O) groups excluding carboxylic acids is 1. The fraction of sp³-hybridized carbons (Fsp3) is 0.333. The molecule has 0 radical (unpaired) electrons. The molecule has 0 spiro atoms. The third-order valence-corrected chi connectivity index (χ3v) is 3.74. The first-order valence-corrected chi connectivity index (χ1v) is 6.74. The van der Waals surface area contributed by atoms with Crippen molar-refractivity contribution in [1.82, 2.24) is 10.3 Å². The van der Waals surface area contributed by atoms with Crippen LogP contribution in [0.5, 0.6) is 0 Å². The number of carbonyl (C=O) groups is 2. The Morgan fingerprint density at radius 1 is 1.35 bits per heavy atom. The SMILES string of the molecule is O=C(O)CC(NC(=O)c1c[nH]c2ccccc12)C1CC1. The maximum absolute atomic E-state index is 12.3. The molecule has 5 heteroatoms. The lowest BCUT2D eigenvalue weighted by atomic mass is 10.1. The van der Waals surface area contributed by atoms with Crippen molar-refractivity contribution in [2.45, 2.75) is 25.3 Å². The summed E-state index contributed by atoms with van der Waals surface area (Å²) < 4.78 is 0. The Balaban J connectivity index is 1.79. The van der Waals surface area contributed by atoms with Crippen molar-refractivity contribution in [3.63, 3.8) is 0 Å². The van der Waals surface area contributed by atoms with Crippen LogP contribution < -0.4 is 5.32 Å². The highest BCUT2D eigenvalue weighted by Gasteiger charge is 2.34. The zero-order chi connectivity index (χ0) is 14.1. The zero-order valence-electron chi connectivity index (χ0n) is 10.9. The van der Waals surface area contributed by atoms with Gasteiger partial charge in [0.15, 0.2) is 0 Å². The van der Waals surface area contributed by atoms with Crippen molar-refractivity contribution in [3.05, 3.63) is 36.0 Å². The summed E-state index contributed by atoms with van der Waals surface area (Å²) >= 11 is 0. The van der Waals surface area contributed by atoms with Gasteiger partial charge in [0.05, 0.1) is 12.0 Å².